The van der Waals surface area contributed by atoms with E-state index in [9.17, 15) is 18.0 Å². The number of rotatable bonds is 3. The van der Waals surface area contributed by atoms with Gasteiger partial charge in [0.15, 0.2) is 6.61 Å². The second-order valence-corrected chi connectivity index (χ2v) is 10.7. The summed E-state index contributed by atoms with van der Waals surface area (Å²) in [6, 6.07) is 11.6. The molecule has 5 rings (SSSR count). The fourth-order valence-electron chi connectivity index (χ4n) is 4.47. The maximum atomic E-state index is 12.8. The molecule has 232 valence electrons. The summed E-state index contributed by atoms with van der Waals surface area (Å²) in [7, 11) is 0. The van der Waals surface area contributed by atoms with Crippen LogP contribution in [0.2, 0.25) is 0 Å². The van der Waals surface area contributed by atoms with Crippen molar-refractivity contribution in [1.29, 1.82) is 0 Å². The standard InChI is InChI=1S/C30H35ClF3N5O4/c1-20-9-7-5-3-2-4-6-8-16-41-25-17-22(12-15-24(25)26(31)40)36-28-37-27(38-29(39-28)42-19-30(32,33)34)35-18-21-10-13-23(43-20)14-11-21/h10-15,17,20H,2-9,16,18-19H2,1H3,(H2,35,36,37,38,39). The van der Waals surface area contributed by atoms with E-state index >= 15 is 0 Å². The Balaban J connectivity index is 1.57. The van der Waals surface area contributed by atoms with Gasteiger partial charge in [-0.3, -0.25) is 4.79 Å². The minimum Gasteiger partial charge on any atom is -0.493 e. The Hall–Kier alpha value is -3.80. The van der Waals surface area contributed by atoms with Crippen LogP contribution in [0.1, 0.15) is 74.2 Å². The molecular formula is C30H35ClF3N5O4. The van der Waals surface area contributed by atoms with Crippen molar-refractivity contribution in [2.75, 3.05) is 23.8 Å². The number of aromatic nitrogens is 3. The van der Waals surface area contributed by atoms with Crippen LogP contribution in [-0.4, -0.2) is 45.7 Å². The molecule has 3 heterocycles. The Kier molecular flexibility index (Phi) is 11.7. The molecule has 0 aliphatic carbocycles. The number of ether oxygens (including phenoxy) is 3. The van der Waals surface area contributed by atoms with Crippen molar-refractivity contribution in [1.82, 2.24) is 15.0 Å². The number of nitrogens with zero attached hydrogens (tertiary/aromatic N) is 3. The van der Waals surface area contributed by atoms with Gasteiger partial charge in [0.25, 0.3) is 5.24 Å². The molecule has 13 heteroatoms. The number of carbonyl (C=O) groups excluding carboxylic acids is 1. The number of hydrogen-bond acceptors (Lipinski definition) is 9. The lowest BCUT2D eigenvalue weighted by Gasteiger charge is -2.15. The number of hydrogen-bond donors (Lipinski definition) is 2. The van der Waals surface area contributed by atoms with Crippen molar-refractivity contribution in [3.05, 3.63) is 53.6 Å². The van der Waals surface area contributed by atoms with Gasteiger partial charge in [-0.1, -0.05) is 44.2 Å². The van der Waals surface area contributed by atoms with E-state index in [1.807, 2.05) is 24.3 Å². The van der Waals surface area contributed by atoms with Gasteiger partial charge in [-0.15, -0.1) is 0 Å². The summed E-state index contributed by atoms with van der Waals surface area (Å²) in [6.45, 7) is 1.17. The van der Waals surface area contributed by atoms with Gasteiger partial charge in [-0.25, -0.2) is 0 Å². The Bertz CT molecular complexity index is 1340. The van der Waals surface area contributed by atoms with Crippen LogP contribution in [0.15, 0.2) is 42.5 Å². The monoisotopic (exact) mass is 621 g/mol. The topological polar surface area (TPSA) is 107 Å². The number of halogens is 4. The molecule has 0 spiro atoms. The summed E-state index contributed by atoms with van der Waals surface area (Å²) in [5.74, 6) is 0.961. The average Bonchev–Trinajstić information content (AvgIpc) is 2.96. The quantitative estimate of drug-likeness (QED) is 0.283. The summed E-state index contributed by atoms with van der Waals surface area (Å²) in [6.07, 6.45) is 3.88. The molecular weight excluding hydrogens is 587 g/mol. The molecule has 2 aliphatic heterocycles. The minimum atomic E-state index is -4.58. The highest BCUT2D eigenvalue weighted by atomic mass is 35.5. The van der Waals surface area contributed by atoms with E-state index in [0.29, 0.717) is 12.3 Å². The third-order valence-corrected chi connectivity index (χ3v) is 6.86. The highest BCUT2D eigenvalue weighted by molar-refractivity contribution is 6.68. The molecule has 43 heavy (non-hydrogen) atoms. The second kappa shape index (κ2) is 15.6. The lowest BCUT2D eigenvalue weighted by molar-refractivity contribution is -0.154. The van der Waals surface area contributed by atoms with E-state index in [-0.39, 0.29) is 35.9 Å². The lowest BCUT2D eigenvalue weighted by Crippen LogP contribution is -2.21. The van der Waals surface area contributed by atoms with Crippen molar-refractivity contribution in [2.24, 2.45) is 0 Å². The van der Waals surface area contributed by atoms with Crippen molar-refractivity contribution >= 4 is 34.4 Å². The van der Waals surface area contributed by atoms with Gasteiger partial charge >= 0.3 is 12.2 Å². The van der Waals surface area contributed by atoms with Gasteiger partial charge in [0.1, 0.15) is 11.5 Å². The van der Waals surface area contributed by atoms with E-state index in [4.69, 9.17) is 25.8 Å². The number of carbonyl (C=O) groups is 1. The van der Waals surface area contributed by atoms with E-state index in [0.717, 1.165) is 62.7 Å². The van der Waals surface area contributed by atoms with Crippen molar-refractivity contribution in [3.63, 3.8) is 0 Å². The van der Waals surface area contributed by atoms with Crippen molar-refractivity contribution in [3.8, 4) is 17.5 Å². The minimum absolute atomic E-state index is 0.00169. The maximum absolute atomic E-state index is 12.8. The molecule has 3 aromatic rings. The van der Waals surface area contributed by atoms with Crippen LogP contribution in [0, 0.1) is 0 Å². The molecule has 0 saturated carbocycles. The highest BCUT2D eigenvalue weighted by Gasteiger charge is 2.29. The molecule has 9 nitrogen and oxygen atoms in total. The first-order valence-electron chi connectivity index (χ1n) is 14.3. The van der Waals surface area contributed by atoms with Crippen LogP contribution in [0.5, 0.6) is 17.5 Å². The summed E-state index contributed by atoms with van der Waals surface area (Å²) in [5.41, 5.74) is 1.49. The average molecular weight is 622 g/mol. The Morgan fingerprint density at radius 1 is 0.977 bits per heavy atom. The molecule has 0 fully saturated rings. The van der Waals surface area contributed by atoms with Gasteiger partial charge in [-0.05, 0) is 67.6 Å². The van der Waals surface area contributed by atoms with E-state index in [2.05, 4.69) is 32.5 Å². The normalized spacial score (nSPS) is 17.2. The van der Waals surface area contributed by atoms with Crippen LogP contribution in [0.4, 0.5) is 30.8 Å². The van der Waals surface area contributed by atoms with Crippen LogP contribution in [0.3, 0.4) is 0 Å². The van der Waals surface area contributed by atoms with Crippen LogP contribution in [0.25, 0.3) is 0 Å². The Morgan fingerprint density at radius 2 is 1.67 bits per heavy atom. The zero-order chi connectivity index (χ0) is 30.7. The van der Waals surface area contributed by atoms with Crippen molar-refractivity contribution in [2.45, 2.75) is 77.1 Å². The van der Waals surface area contributed by atoms with Gasteiger partial charge in [-0.2, -0.15) is 28.1 Å². The predicted octanol–water partition coefficient (Wildman–Crippen LogP) is 7.83. The number of fused-ring (bicyclic) bond motifs is 14. The SMILES string of the molecule is CC1CCCCCCCCCOc2cc(ccc2C(=O)Cl)Nc2nc(nc(OCC(F)(F)F)n2)NCc2ccc(cc2)O1. The molecule has 1 atom stereocenters. The zero-order valence-electron chi connectivity index (χ0n) is 23.9. The zero-order valence-corrected chi connectivity index (χ0v) is 24.6. The fraction of sp³-hybridized carbons (Fsp3) is 0.467. The Morgan fingerprint density at radius 3 is 2.40 bits per heavy atom. The van der Waals surface area contributed by atoms with E-state index < -0.39 is 24.0 Å². The maximum Gasteiger partial charge on any atom is 0.422 e. The fourth-order valence-corrected chi connectivity index (χ4v) is 4.63. The largest absolute Gasteiger partial charge is 0.493 e. The summed E-state index contributed by atoms with van der Waals surface area (Å²) >= 11 is 5.77. The lowest BCUT2D eigenvalue weighted by atomic mass is 10.1. The second-order valence-electron chi connectivity index (χ2n) is 10.3. The predicted molar refractivity (Wildman–Crippen MR) is 158 cm³/mol. The molecule has 6 bridgehead atoms. The third kappa shape index (κ3) is 11.1. The van der Waals surface area contributed by atoms with Gasteiger partial charge in [0.2, 0.25) is 11.9 Å². The summed E-state index contributed by atoms with van der Waals surface area (Å²) in [4.78, 5) is 24.2. The van der Waals surface area contributed by atoms with Crippen LogP contribution >= 0.6 is 11.6 Å². The van der Waals surface area contributed by atoms with Gasteiger partial charge in [0.05, 0.1) is 18.3 Å². The highest BCUT2D eigenvalue weighted by Crippen LogP contribution is 2.28. The molecule has 1 unspecified atom stereocenters. The summed E-state index contributed by atoms with van der Waals surface area (Å²) < 4.78 is 55.3. The third-order valence-electron chi connectivity index (χ3n) is 6.65. The number of nitrogens with one attached hydrogen (secondary N) is 2. The number of benzene rings is 2. The molecule has 2 N–H and O–H groups in total. The van der Waals surface area contributed by atoms with Gasteiger partial charge in [0, 0.05) is 18.3 Å². The van der Waals surface area contributed by atoms with Crippen LogP contribution < -0.4 is 24.8 Å². The molecule has 0 amide bonds. The van der Waals surface area contributed by atoms with E-state index in [1.165, 1.54) is 6.07 Å². The van der Waals surface area contributed by atoms with Crippen molar-refractivity contribution < 1.29 is 32.2 Å². The molecule has 2 aliphatic rings. The number of anilines is 3. The summed E-state index contributed by atoms with van der Waals surface area (Å²) in [5, 5.41) is 5.26. The smallest absolute Gasteiger partial charge is 0.422 e. The molecule has 2 aromatic carbocycles. The van der Waals surface area contributed by atoms with Crippen LogP contribution in [-0.2, 0) is 6.54 Å². The molecule has 1 aromatic heterocycles. The number of alkyl halides is 3. The molecule has 0 saturated heterocycles. The van der Waals surface area contributed by atoms with Gasteiger partial charge < -0.3 is 24.8 Å². The Labute approximate surface area is 253 Å². The first kappa shape index (κ1) is 32.1. The first-order chi connectivity index (χ1) is 20.6. The van der Waals surface area contributed by atoms with E-state index in [1.54, 1.807) is 12.1 Å². The first-order valence-corrected chi connectivity index (χ1v) is 14.7. The molecule has 0 radical (unpaired) electrons.